The molecule has 0 atom stereocenters. The van der Waals surface area contributed by atoms with Crippen molar-refractivity contribution in [3.63, 3.8) is 0 Å². The summed E-state index contributed by atoms with van der Waals surface area (Å²) in [6.45, 7) is 0. The van der Waals surface area contributed by atoms with E-state index in [1.807, 2.05) is 53.8 Å². The van der Waals surface area contributed by atoms with Gasteiger partial charge in [0.25, 0.3) is 0 Å². The smallest absolute Gasteiger partial charge is 0.164 e. The number of thiazole rings is 1. The van der Waals surface area contributed by atoms with Crippen LogP contribution in [0.25, 0.3) is 97.4 Å². The molecule has 52 heavy (non-hydrogen) atoms. The van der Waals surface area contributed by atoms with Gasteiger partial charge in [-0.05, 0) is 52.6 Å². The lowest BCUT2D eigenvalue weighted by molar-refractivity contribution is 1.07. The van der Waals surface area contributed by atoms with Crippen LogP contribution in [-0.2, 0) is 0 Å². The molecule has 10 aromatic rings. The summed E-state index contributed by atoms with van der Waals surface area (Å²) in [5, 5.41) is 3.40. The molecule has 0 unspecified atom stereocenters. The SMILES string of the molecule is c1ccc(-c2ccc(-c3nc(-c4ccccc4)nc(-c4ccc5sc6cc7sc(-c8ccc(-c9ccccc9)cc8)nc7cc6c5c4)n3)cc2)cc1. The molecule has 0 saturated carbocycles. The van der Waals surface area contributed by atoms with Crippen LogP contribution in [0.15, 0.2) is 170 Å². The van der Waals surface area contributed by atoms with Gasteiger partial charge in [-0.3, -0.25) is 0 Å². The summed E-state index contributed by atoms with van der Waals surface area (Å²) in [5.41, 5.74) is 9.73. The monoisotopic (exact) mass is 700 g/mol. The number of benzene rings is 7. The van der Waals surface area contributed by atoms with Crippen molar-refractivity contribution < 1.29 is 0 Å². The Labute approximate surface area is 308 Å². The fourth-order valence-corrected chi connectivity index (χ4v) is 8.86. The molecule has 0 aliphatic heterocycles. The quantitative estimate of drug-likeness (QED) is 0.173. The third-order valence-electron chi connectivity index (χ3n) is 9.39. The lowest BCUT2D eigenvalue weighted by atomic mass is 10.0. The molecule has 0 aliphatic rings. The second kappa shape index (κ2) is 12.8. The van der Waals surface area contributed by atoms with E-state index in [1.165, 1.54) is 41.6 Å². The highest BCUT2D eigenvalue weighted by atomic mass is 32.1. The fourth-order valence-electron chi connectivity index (χ4n) is 6.69. The summed E-state index contributed by atoms with van der Waals surface area (Å²) in [4.78, 5) is 20.1. The molecular weight excluding hydrogens is 673 g/mol. The number of aromatic nitrogens is 4. The maximum absolute atomic E-state index is 5.11. The molecule has 0 saturated heterocycles. The highest BCUT2D eigenvalue weighted by Crippen LogP contribution is 2.41. The first-order chi connectivity index (χ1) is 25.7. The highest BCUT2D eigenvalue weighted by Gasteiger charge is 2.16. The third-order valence-corrected chi connectivity index (χ3v) is 11.6. The van der Waals surface area contributed by atoms with E-state index in [4.69, 9.17) is 19.9 Å². The van der Waals surface area contributed by atoms with Crippen LogP contribution < -0.4 is 0 Å². The molecule has 0 fully saturated rings. The van der Waals surface area contributed by atoms with Crippen LogP contribution in [0.5, 0.6) is 0 Å². The first-order valence-electron chi connectivity index (χ1n) is 17.1. The summed E-state index contributed by atoms with van der Waals surface area (Å²) < 4.78 is 3.66. The van der Waals surface area contributed by atoms with Gasteiger partial charge >= 0.3 is 0 Å². The Balaban J connectivity index is 1.04. The van der Waals surface area contributed by atoms with Gasteiger partial charge in [-0.2, -0.15) is 0 Å². The lowest BCUT2D eigenvalue weighted by Crippen LogP contribution is -2.00. The van der Waals surface area contributed by atoms with Crippen molar-refractivity contribution in [3.05, 3.63) is 170 Å². The van der Waals surface area contributed by atoms with E-state index in [-0.39, 0.29) is 0 Å². The molecule has 0 amide bonds. The topological polar surface area (TPSA) is 51.6 Å². The van der Waals surface area contributed by atoms with Crippen molar-refractivity contribution in [2.75, 3.05) is 0 Å². The molecule has 244 valence electrons. The summed E-state index contributed by atoms with van der Waals surface area (Å²) in [6.07, 6.45) is 0. The average Bonchev–Trinajstić information content (AvgIpc) is 3.81. The molecule has 7 aromatic carbocycles. The Morgan fingerprint density at radius 1 is 0.288 bits per heavy atom. The zero-order chi connectivity index (χ0) is 34.4. The molecule has 6 heteroatoms. The van der Waals surface area contributed by atoms with Gasteiger partial charge in [0.1, 0.15) is 5.01 Å². The Hall–Kier alpha value is -6.34. The fraction of sp³-hybridized carbons (Fsp3) is 0. The van der Waals surface area contributed by atoms with E-state index in [0.29, 0.717) is 17.5 Å². The van der Waals surface area contributed by atoms with Crippen molar-refractivity contribution in [2.24, 2.45) is 0 Å². The zero-order valence-electron chi connectivity index (χ0n) is 27.8. The van der Waals surface area contributed by atoms with Gasteiger partial charge in [-0.1, -0.05) is 140 Å². The predicted octanol–water partition coefficient (Wildman–Crippen LogP) is 12.9. The summed E-state index contributed by atoms with van der Waals surface area (Å²) >= 11 is 3.55. The Bertz CT molecular complexity index is 2860. The molecule has 4 nitrogen and oxygen atoms in total. The minimum atomic E-state index is 0.646. The molecule has 10 rings (SSSR count). The average molecular weight is 701 g/mol. The molecule has 3 aromatic heterocycles. The summed E-state index contributed by atoms with van der Waals surface area (Å²) in [7, 11) is 0. The van der Waals surface area contributed by atoms with Crippen molar-refractivity contribution in [1.82, 2.24) is 19.9 Å². The first kappa shape index (κ1) is 30.5. The van der Waals surface area contributed by atoms with E-state index in [1.54, 1.807) is 11.3 Å². The van der Waals surface area contributed by atoms with Gasteiger partial charge in [-0.15, -0.1) is 22.7 Å². The van der Waals surface area contributed by atoms with Gasteiger partial charge in [0.15, 0.2) is 17.5 Å². The predicted molar refractivity (Wildman–Crippen MR) is 219 cm³/mol. The number of rotatable bonds is 6. The van der Waals surface area contributed by atoms with E-state index >= 15 is 0 Å². The Morgan fingerprint density at radius 3 is 1.33 bits per heavy atom. The van der Waals surface area contributed by atoms with E-state index in [0.717, 1.165) is 38.3 Å². The van der Waals surface area contributed by atoms with Crippen LogP contribution in [0.3, 0.4) is 0 Å². The van der Waals surface area contributed by atoms with Crippen molar-refractivity contribution >= 4 is 53.1 Å². The van der Waals surface area contributed by atoms with Crippen LogP contribution in [-0.4, -0.2) is 19.9 Å². The lowest BCUT2D eigenvalue weighted by Gasteiger charge is -2.09. The summed E-state index contributed by atoms with van der Waals surface area (Å²) in [6, 6.07) is 59.2. The number of hydrogen-bond donors (Lipinski definition) is 0. The van der Waals surface area contributed by atoms with Gasteiger partial charge in [0.05, 0.1) is 10.2 Å². The van der Waals surface area contributed by atoms with Crippen LogP contribution in [0.1, 0.15) is 0 Å². The molecule has 0 N–H and O–H groups in total. The van der Waals surface area contributed by atoms with Crippen molar-refractivity contribution in [1.29, 1.82) is 0 Å². The number of nitrogens with zero attached hydrogens (tertiary/aromatic N) is 4. The number of hydrogen-bond acceptors (Lipinski definition) is 6. The minimum Gasteiger partial charge on any atom is -0.236 e. The first-order valence-corrected chi connectivity index (χ1v) is 18.8. The number of fused-ring (bicyclic) bond motifs is 4. The maximum atomic E-state index is 5.11. The molecule has 3 heterocycles. The summed E-state index contributed by atoms with van der Waals surface area (Å²) in [5.74, 6) is 1.94. The second-order valence-corrected chi connectivity index (χ2v) is 14.8. The molecule has 0 radical (unpaired) electrons. The normalized spacial score (nSPS) is 11.5. The van der Waals surface area contributed by atoms with E-state index in [2.05, 4.69) is 127 Å². The third kappa shape index (κ3) is 5.64. The van der Waals surface area contributed by atoms with Gasteiger partial charge in [0.2, 0.25) is 0 Å². The van der Waals surface area contributed by atoms with Gasteiger partial charge in [0, 0.05) is 42.4 Å². The van der Waals surface area contributed by atoms with Crippen LogP contribution in [0.4, 0.5) is 0 Å². The standard InChI is InChI=1S/C46H28N4S2/c1-4-10-29(11-5-1)31-16-20-34(21-17-31)44-48-43(33-14-8-3-9-15-33)49-45(50-44)36-24-25-40-37(26-36)38-27-39-42(28-41(38)51-40)52-46(47-39)35-22-18-32(19-23-35)30-12-6-2-7-13-30/h1-28H. The van der Waals surface area contributed by atoms with Crippen molar-refractivity contribution in [2.45, 2.75) is 0 Å². The molecular formula is C46H28N4S2. The van der Waals surface area contributed by atoms with Gasteiger partial charge < -0.3 is 0 Å². The van der Waals surface area contributed by atoms with Crippen molar-refractivity contribution in [3.8, 4) is 67.0 Å². The minimum absolute atomic E-state index is 0.646. The van der Waals surface area contributed by atoms with E-state index < -0.39 is 0 Å². The molecule has 0 aliphatic carbocycles. The zero-order valence-corrected chi connectivity index (χ0v) is 29.4. The van der Waals surface area contributed by atoms with Gasteiger partial charge in [-0.25, -0.2) is 19.9 Å². The Kier molecular flexibility index (Phi) is 7.48. The van der Waals surface area contributed by atoms with Crippen LogP contribution in [0.2, 0.25) is 0 Å². The molecule has 0 spiro atoms. The van der Waals surface area contributed by atoms with E-state index in [9.17, 15) is 0 Å². The maximum Gasteiger partial charge on any atom is 0.164 e. The molecule has 0 bridgehead atoms. The van der Waals surface area contributed by atoms with Crippen LogP contribution in [0, 0.1) is 0 Å². The number of thiophene rings is 1. The second-order valence-electron chi connectivity index (χ2n) is 12.7. The highest BCUT2D eigenvalue weighted by molar-refractivity contribution is 7.26. The largest absolute Gasteiger partial charge is 0.236 e. The Morgan fingerprint density at radius 2 is 0.731 bits per heavy atom. The van der Waals surface area contributed by atoms with Crippen LogP contribution >= 0.6 is 22.7 Å².